The molecule has 1 N–H and O–H groups in total. The number of nitrogens with one attached hydrogen (secondary N) is 1. The molecule has 0 unspecified atom stereocenters. The zero-order valence-electron chi connectivity index (χ0n) is 16.9. The van der Waals surface area contributed by atoms with Crippen molar-refractivity contribution in [2.24, 2.45) is 0 Å². The summed E-state index contributed by atoms with van der Waals surface area (Å²) in [5, 5.41) is 0.800. The summed E-state index contributed by atoms with van der Waals surface area (Å²) in [7, 11) is -4.11. The van der Waals surface area contributed by atoms with Crippen molar-refractivity contribution in [3.05, 3.63) is 87.9 Å². The number of hydrogen-bond donors (Lipinski definition) is 1. The lowest BCUT2D eigenvalue weighted by Gasteiger charge is -2.18. The van der Waals surface area contributed by atoms with Crippen molar-refractivity contribution < 1.29 is 17.9 Å². The average molecular weight is 522 g/mol. The number of benzene rings is 3. The number of halogens is 2. The number of carbonyl (C=O) groups excluding carboxylic acids is 1. The summed E-state index contributed by atoms with van der Waals surface area (Å²) in [6, 6.07) is 17.4. The molecule has 0 spiro atoms. The Kier molecular flexibility index (Phi) is 7.26. The molecule has 7 nitrogen and oxygen atoms in total. The Hall–Kier alpha value is -2.56. The zero-order chi connectivity index (χ0) is 23.4. The standard InChI is InChI=1S/C22H17Cl2N3O4S2/c23-16-10-9-15(17(24)12-16)13-31-22(28)19(11-14-5-2-1-3-6-14)27-33(29,30)20-8-4-7-18-21(20)26-32-25-18/h1-10,12,19,27H,11,13H2/t19-/m1/s1. The molecule has 4 rings (SSSR count). The molecule has 0 aliphatic heterocycles. The van der Waals surface area contributed by atoms with E-state index in [9.17, 15) is 13.2 Å². The van der Waals surface area contributed by atoms with Gasteiger partial charge in [-0.05, 0) is 36.2 Å². The molecule has 0 saturated carbocycles. The van der Waals surface area contributed by atoms with Gasteiger partial charge < -0.3 is 4.74 Å². The van der Waals surface area contributed by atoms with Crippen LogP contribution in [0.15, 0.2) is 71.6 Å². The minimum Gasteiger partial charge on any atom is -0.460 e. The molecule has 1 aromatic heterocycles. The third-order valence-electron chi connectivity index (χ3n) is 4.79. The molecule has 4 aromatic rings. The van der Waals surface area contributed by atoms with Crippen LogP contribution in [0, 0.1) is 0 Å². The second kappa shape index (κ2) is 10.1. The summed E-state index contributed by atoms with van der Waals surface area (Å²) in [4.78, 5) is 12.9. The van der Waals surface area contributed by atoms with E-state index in [0.29, 0.717) is 21.1 Å². The molecule has 0 amide bonds. The fourth-order valence-corrected chi connectivity index (χ4v) is 5.57. The Balaban J connectivity index is 1.59. The summed E-state index contributed by atoms with van der Waals surface area (Å²) < 4.78 is 42.5. The number of rotatable bonds is 8. The highest BCUT2D eigenvalue weighted by molar-refractivity contribution is 7.89. The van der Waals surface area contributed by atoms with E-state index in [2.05, 4.69) is 13.5 Å². The number of ether oxygens (including phenoxy) is 1. The first kappa shape index (κ1) is 23.6. The maximum atomic E-state index is 13.2. The van der Waals surface area contributed by atoms with Gasteiger partial charge in [0.15, 0.2) is 0 Å². The lowest BCUT2D eigenvalue weighted by Crippen LogP contribution is -2.43. The molecule has 1 heterocycles. The van der Waals surface area contributed by atoms with E-state index in [0.717, 1.165) is 17.3 Å². The summed E-state index contributed by atoms with van der Waals surface area (Å²) in [5.41, 5.74) is 2.02. The van der Waals surface area contributed by atoms with Crippen molar-refractivity contribution >= 4 is 62.0 Å². The SMILES string of the molecule is O=C(OCc1ccc(Cl)cc1Cl)[C@@H](Cc1ccccc1)NS(=O)(=O)c1cccc2nsnc12. The van der Waals surface area contributed by atoms with Gasteiger partial charge in [0, 0.05) is 15.6 Å². The van der Waals surface area contributed by atoms with E-state index in [1.54, 1.807) is 54.6 Å². The van der Waals surface area contributed by atoms with Crippen LogP contribution >= 0.6 is 34.9 Å². The number of esters is 1. The molecule has 1 atom stereocenters. The zero-order valence-corrected chi connectivity index (χ0v) is 20.1. The summed E-state index contributed by atoms with van der Waals surface area (Å²) in [6.45, 7) is -0.132. The van der Waals surface area contributed by atoms with Gasteiger partial charge in [0.05, 0.1) is 11.7 Å². The van der Waals surface area contributed by atoms with E-state index < -0.39 is 22.0 Å². The quantitative estimate of drug-likeness (QED) is 0.339. The van der Waals surface area contributed by atoms with Crippen LogP contribution in [0.3, 0.4) is 0 Å². The Bertz CT molecular complexity index is 1400. The van der Waals surface area contributed by atoms with Gasteiger partial charge in [-0.3, -0.25) is 4.79 Å². The van der Waals surface area contributed by atoms with Gasteiger partial charge in [-0.2, -0.15) is 13.5 Å². The highest BCUT2D eigenvalue weighted by Gasteiger charge is 2.29. The molecule has 0 aliphatic carbocycles. The first-order chi connectivity index (χ1) is 15.8. The van der Waals surface area contributed by atoms with Gasteiger partial charge in [0.1, 0.15) is 28.6 Å². The van der Waals surface area contributed by atoms with Crippen molar-refractivity contribution in [3.8, 4) is 0 Å². The maximum Gasteiger partial charge on any atom is 0.324 e. The van der Waals surface area contributed by atoms with Gasteiger partial charge in [-0.25, -0.2) is 8.42 Å². The van der Waals surface area contributed by atoms with Crippen LogP contribution in [0.4, 0.5) is 0 Å². The Morgan fingerprint density at radius 1 is 1.03 bits per heavy atom. The number of carbonyl (C=O) groups is 1. The van der Waals surface area contributed by atoms with E-state index in [4.69, 9.17) is 27.9 Å². The first-order valence-electron chi connectivity index (χ1n) is 9.71. The molecular weight excluding hydrogens is 505 g/mol. The number of hydrogen-bond acceptors (Lipinski definition) is 7. The second-order valence-electron chi connectivity index (χ2n) is 7.10. The molecule has 0 fully saturated rings. The van der Waals surface area contributed by atoms with Crippen LogP contribution in [0.1, 0.15) is 11.1 Å². The molecule has 0 radical (unpaired) electrons. The third-order valence-corrected chi connectivity index (χ3v) is 7.42. The number of fused-ring (bicyclic) bond motifs is 1. The summed E-state index contributed by atoms with van der Waals surface area (Å²) in [5.74, 6) is -0.739. The van der Waals surface area contributed by atoms with Crippen molar-refractivity contribution in [3.63, 3.8) is 0 Å². The minimum absolute atomic E-state index is 0.0552. The minimum atomic E-state index is -4.11. The number of aromatic nitrogens is 2. The highest BCUT2D eigenvalue weighted by atomic mass is 35.5. The van der Waals surface area contributed by atoms with Crippen molar-refractivity contribution in [2.75, 3.05) is 0 Å². The molecule has 0 aliphatic rings. The van der Waals surface area contributed by atoms with Gasteiger partial charge in [0.25, 0.3) is 0 Å². The number of sulfonamides is 1. The van der Waals surface area contributed by atoms with Gasteiger partial charge >= 0.3 is 5.97 Å². The Labute approximate surface area is 204 Å². The topological polar surface area (TPSA) is 98.2 Å². The van der Waals surface area contributed by atoms with E-state index in [1.807, 2.05) is 6.07 Å². The molecule has 3 aromatic carbocycles. The fraction of sp³-hybridized carbons (Fsp3) is 0.136. The van der Waals surface area contributed by atoms with Crippen LogP contribution in [-0.4, -0.2) is 29.2 Å². The van der Waals surface area contributed by atoms with Crippen LogP contribution in [-0.2, 0) is 32.6 Å². The molecule has 0 bridgehead atoms. The second-order valence-corrected chi connectivity index (χ2v) is 10.1. The maximum absolute atomic E-state index is 13.2. The molecule has 33 heavy (non-hydrogen) atoms. The lowest BCUT2D eigenvalue weighted by atomic mass is 10.1. The smallest absolute Gasteiger partial charge is 0.324 e. The molecular formula is C22H17Cl2N3O4S2. The van der Waals surface area contributed by atoms with E-state index in [1.165, 1.54) is 6.07 Å². The van der Waals surface area contributed by atoms with Crippen molar-refractivity contribution in [1.82, 2.24) is 13.5 Å². The van der Waals surface area contributed by atoms with Crippen molar-refractivity contribution in [2.45, 2.75) is 24.0 Å². The summed E-state index contributed by atoms with van der Waals surface area (Å²) in [6.07, 6.45) is 0.0958. The normalized spacial score (nSPS) is 12.5. The monoisotopic (exact) mass is 521 g/mol. The Morgan fingerprint density at radius 3 is 2.58 bits per heavy atom. The van der Waals surface area contributed by atoms with Gasteiger partial charge in [-0.15, -0.1) is 0 Å². The molecule has 170 valence electrons. The predicted molar refractivity (Wildman–Crippen MR) is 128 cm³/mol. The van der Waals surface area contributed by atoms with Gasteiger partial charge in [-0.1, -0.05) is 65.7 Å². The average Bonchev–Trinajstić information content (AvgIpc) is 3.27. The van der Waals surface area contributed by atoms with Crippen LogP contribution < -0.4 is 4.72 Å². The van der Waals surface area contributed by atoms with E-state index >= 15 is 0 Å². The largest absolute Gasteiger partial charge is 0.460 e. The van der Waals surface area contributed by atoms with Crippen molar-refractivity contribution in [1.29, 1.82) is 0 Å². The predicted octanol–water partition coefficient (Wildman–Crippen LogP) is 4.63. The lowest BCUT2D eigenvalue weighted by molar-refractivity contribution is -0.147. The molecule has 0 saturated heterocycles. The highest BCUT2D eigenvalue weighted by Crippen LogP contribution is 2.23. The first-order valence-corrected chi connectivity index (χ1v) is 12.7. The van der Waals surface area contributed by atoms with Crippen LogP contribution in [0.2, 0.25) is 10.0 Å². The fourth-order valence-electron chi connectivity index (χ4n) is 3.16. The van der Waals surface area contributed by atoms with Crippen LogP contribution in [0.5, 0.6) is 0 Å². The van der Waals surface area contributed by atoms with E-state index in [-0.39, 0.29) is 23.4 Å². The Morgan fingerprint density at radius 2 is 1.82 bits per heavy atom. The molecule has 11 heteroatoms. The third kappa shape index (κ3) is 5.69. The van der Waals surface area contributed by atoms with Crippen LogP contribution in [0.25, 0.3) is 11.0 Å². The summed E-state index contributed by atoms with van der Waals surface area (Å²) >= 11 is 13.0. The van der Waals surface area contributed by atoms with Gasteiger partial charge in [0.2, 0.25) is 10.0 Å². The number of nitrogens with zero attached hydrogens (tertiary/aromatic N) is 2.